The maximum atomic E-state index is 4.65. The van der Waals surface area contributed by atoms with Crippen molar-refractivity contribution in [3.8, 4) is 22.5 Å². The molecule has 1 heterocycles. The number of rotatable bonds is 2. The van der Waals surface area contributed by atoms with Crippen molar-refractivity contribution in [3.63, 3.8) is 0 Å². The molecular formula is C16H12N2. The number of nitrogens with zero attached hydrogens (tertiary/aromatic N) is 2. The summed E-state index contributed by atoms with van der Waals surface area (Å²) in [6, 6.07) is 20.2. The summed E-state index contributed by atoms with van der Waals surface area (Å²) in [6.45, 7) is 0. The highest BCUT2D eigenvalue weighted by Crippen LogP contribution is 2.20. The summed E-state index contributed by atoms with van der Waals surface area (Å²) in [5.74, 6) is 0. The molecule has 2 aromatic carbocycles. The Morgan fingerprint density at radius 3 is 1.44 bits per heavy atom. The number of hydrogen-bond acceptors (Lipinski definition) is 2. The predicted octanol–water partition coefficient (Wildman–Crippen LogP) is 3.81. The van der Waals surface area contributed by atoms with Crippen LogP contribution in [0.2, 0.25) is 0 Å². The van der Waals surface area contributed by atoms with Gasteiger partial charge >= 0.3 is 0 Å². The van der Waals surface area contributed by atoms with Crippen molar-refractivity contribution in [2.24, 2.45) is 0 Å². The average molecular weight is 232 g/mol. The van der Waals surface area contributed by atoms with Crippen LogP contribution in [0.5, 0.6) is 0 Å². The zero-order chi connectivity index (χ0) is 12.2. The third kappa shape index (κ3) is 2.13. The first kappa shape index (κ1) is 10.7. The predicted molar refractivity (Wildman–Crippen MR) is 72.9 cm³/mol. The number of hydrogen-bond donors (Lipinski definition) is 0. The Morgan fingerprint density at radius 2 is 1.00 bits per heavy atom. The Hall–Kier alpha value is -2.48. The smallest absolute Gasteiger partial charge is 0.0892 e. The molecule has 0 bridgehead atoms. The molecule has 0 N–H and O–H groups in total. The maximum absolute atomic E-state index is 4.65. The summed E-state index contributed by atoms with van der Waals surface area (Å²) in [4.78, 5) is 8.93. The minimum atomic E-state index is 0.900. The molecule has 0 unspecified atom stereocenters. The van der Waals surface area contributed by atoms with Gasteiger partial charge in [-0.25, -0.2) is 4.98 Å². The topological polar surface area (TPSA) is 25.8 Å². The molecule has 0 saturated heterocycles. The molecule has 0 aliphatic rings. The highest BCUT2D eigenvalue weighted by Gasteiger charge is 2.02. The second-order valence-electron chi connectivity index (χ2n) is 4.02. The molecule has 0 radical (unpaired) electrons. The Balaban J connectivity index is 2.05. The van der Waals surface area contributed by atoms with Gasteiger partial charge < -0.3 is 0 Å². The van der Waals surface area contributed by atoms with E-state index in [-0.39, 0.29) is 0 Å². The Kier molecular flexibility index (Phi) is 2.84. The van der Waals surface area contributed by atoms with Gasteiger partial charge in [-0.2, -0.15) is 0 Å². The molecule has 0 saturated carbocycles. The average Bonchev–Trinajstić information content (AvgIpc) is 2.49. The zero-order valence-corrected chi connectivity index (χ0v) is 9.82. The Labute approximate surface area is 106 Å². The minimum Gasteiger partial charge on any atom is -0.260 e. The number of benzene rings is 2. The van der Waals surface area contributed by atoms with E-state index < -0.39 is 0 Å². The van der Waals surface area contributed by atoms with Crippen molar-refractivity contribution in [3.05, 3.63) is 73.1 Å². The second kappa shape index (κ2) is 4.80. The maximum Gasteiger partial charge on any atom is 0.0892 e. The molecule has 0 aliphatic carbocycles. The van der Waals surface area contributed by atoms with Crippen LogP contribution >= 0.6 is 0 Å². The van der Waals surface area contributed by atoms with Gasteiger partial charge in [0.25, 0.3) is 0 Å². The van der Waals surface area contributed by atoms with Crippen LogP contribution in [0.25, 0.3) is 22.5 Å². The fraction of sp³-hybridized carbons (Fsp3) is 0. The van der Waals surface area contributed by atoms with E-state index in [9.17, 15) is 0 Å². The van der Waals surface area contributed by atoms with Crippen LogP contribution in [0.3, 0.4) is 0 Å². The van der Waals surface area contributed by atoms with E-state index >= 15 is 0 Å². The molecule has 1 aromatic heterocycles. The summed E-state index contributed by atoms with van der Waals surface area (Å²) in [5.41, 5.74) is 3.97. The van der Waals surface area contributed by atoms with Crippen molar-refractivity contribution in [2.45, 2.75) is 0 Å². The van der Waals surface area contributed by atoms with Crippen molar-refractivity contribution >= 4 is 0 Å². The lowest BCUT2D eigenvalue weighted by Gasteiger charge is -2.04. The van der Waals surface area contributed by atoms with Gasteiger partial charge in [-0.05, 0) is 0 Å². The quantitative estimate of drug-likeness (QED) is 0.671. The molecule has 0 spiro atoms. The van der Waals surface area contributed by atoms with Crippen LogP contribution in [0.4, 0.5) is 0 Å². The van der Waals surface area contributed by atoms with Crippen molar-refractivity contribution < 1.29 is 0 Å². The lowest BCUT2D eigenvalue weighted by Crippen LogP contribution is -1.89. The Bertz CT molecular complexity index is 579. The molecule has 0 amide bonds. The molecule has 3 aromatic rings. The van der Waals surface area contributed by atoms with Crippen molar-refractivity contribution in [1.29, 1.82) is 0 Å². The molecule has 0 aliphatic heterocycles. The van der Waals surface area contributed by atoms with Crippen LogP contribution in [-0.2, 0) is 0 Å². The highest BCUT2D eigenvalue weighted by atomic mass is 14.8. The van der Waals surface area contributed by atoms with Gasteiger partial charge in [0.15, 0.2) is 0 Å². The van der Waals surface area contributed by atoms with Crippen LogP contribution in [-0.4, -0.2) is 9.97 Å². The van der Waals surface area contributed by atoms with Crippen LogP contribution in [0, 0.1) is 0 Å². The zero-order valence-electron chi connectivity index (χ0n) is 9.82. The summed E-state index contributed by atoms with van der Waals surface area (Å²) in [6.07, 6.45) is 3.59. The second-order valence-corrected chi connectivity index (χ2v) is 4.02. The van der Waals surface area contributed by atoms with E-state index in [0.29, 0.717) is 0 Å². The van der Waals surface area contributed by atoms with Gasteiger partial charge in [-0.1, -0.05) is 60.7 Å². The Morgan fingerprint density at radius 1 is 0.556 bits per heavy atom. The van der Waals surface area contributed by atoms with Gasteiger partial charge in [0.2, 0.25) is 0 Å². The van der Waals surface area contributed by atoms with Gasteiger partial charge in [-0.15, -0.1) is 0 Å². The van der Waals surface area contributed by atoms with E-state index in [1.54, 1.807) is 12.4 Å². The fourth-order valence-corrected chi connectivity index (χ4v) is 1.86. The largest absolute Gasteiger partial charge is 0.260 e. The van der Waals surface area contributed by atoms with E-state index in [1.807, 2.05) is 60.7 Å². The van der Waals surface area contributed by atoms with Crippen LogP contribution in [0.1, 0.15) is 0 Å². The van der Waals surface area contributed by atoms with Gasteiger partial charge in [0, 0.05) is 11.1 Å². The van der Waals surface area contributed by atoms with Crippen LogP contribution in [0.15, 0.2) is 73.1 Å². The van der Waals surface area contributed by atoms with E-state index in [1.165, 1.54) is 0 Å². The third-order valence-electron chi connectivity index (χ3n) is 2.77. The molecule has 2 nitrogen and oxygen atoms in total. The standard InChI is InChI=1S/C16H12N2/c1-3-7-13(8-4-1)15-11-17-12-16(18-15)14-9-5-2-6-10-14/h1-12H. The minimum absolute atomic E-state index is 0.900. The summed E-state index contributed by atoms with van der Waals surface area (Å²) in [5, 5.41) is 0. The highest BCUT2D eigenvalue weighted by molar-refractivity contribution is 5.64. The van der Waals surface area contributed by atoms with Crippen molar-refractivity contribution in [2.75, 3.05) is 0 Å². The van der Waals surface area contributed by atoms with E-state index in [0.717, 1.165) is 22.5 Å². The molecular weight excluding hydrogens is 220 g/mol. The van der Waals surface area contributed by atoms with E-state index in [4.69, 9.17) is 0 Å². The summed E-state index contributed by atoms with van der Waals surface area (Å²) < 4.78 is 0. The SMILES string of the molecule is c1ccc(-c2cncc(-c3ccccc3)n2)cc1. The lowest BCUT2D eigenvalue weighted by atomic mass is 10.1. The first-order valence-corrected chi connectivity index (χ1v) is 5.86. The first-order chi connectivity index (χ1) is 8.93. The van der Waals surface area contributed by atoms with Gasteiger partial charge in [0.05, 0.1) is 23.8 Å². The van der Waals surface area contributed by atoms with Crippen LogP contribution < -0.4 is 0 Å². The van der Waals surface area contributed by atoms with E-state index in [2.05, 4.69) is 9.97 Å². The summed E-state index contributed by atoms with van der Waals surface area (Å²) >= 11 is 0. The lowest BCUT2D eigenvalue weighted by molar-refractivity contribution is 1.21. The molecule has 0 fully saturated rings. The fourth-order valence-electron chi connectivity index (χ4n) is 1.86. The molecule has 86 valence electrons. The van der Waals surface area contributed by atoms with Crippen molar-refractivity contribution in [1.82, 2.24) is 9.97 Å². The van der Waals surface area contributed by atoms with Gasteiger partial charge in [-0.3, -0.25) is 4.98 Å². The number of aromatic nitrogens is 2. The monoisotopic (exact) mass is 232 g/mol. The van der Waals surface area contributed by atoms with Gasteiger partial charge in [0.1, 0.15) is 0 Å². The molecule has 0 atom stereocenters. The summed E-state index contributed by atoms with van der Waals surface area (Å²) in [7, 11) is 0. The third-order valence-corrected chi connectivity index (χ3v) is 2.77. The molecule has 3 rings (SSSR count). The first-order valence-electron chi connectivity index (χ1n) is 5.86. The molecule has 2 heteroatoms. The molecule has 18 heavy (non-hydrogen) atoms. The normalized spacial score (nSPS) is 10.2.